The fourth-order valence-electron chi connectivity index (χ4n) is 1.67. The summed E-state index contributed by atoms with van der Waals surface area (Å²) in [7, 11) is 0. The normalized spacial score (nSPS) is 16.7. The van der Waals surface area contributed by atoms with Crippen LogP contribution in [0.4, 0.5) is 0 Å². The zero-order chi connectivity index (χ0) is 12.3. The number of rotatable bonds is 1. The molecule has 1 aromatic rings. The van der Waals surface area contributed by atoms with Gasteiger partial charge in [-0.3, -0.25) is 4.79 Å². The largest absolute Gasteiger partial charge is 0.338 e. The van der Waals surface area contributed by atoms with Crippen LogP contribution in [0.25, 0.3) is 0 Å². The number of halogens is 2. The van der Waals surface area contributed by atoms with Crippen LogP contribution >= 0.6 is 35.0 Å². The van der Waals surface area contributed by atoms with Crippen molar-refractivity contribution >= 4 is 40.9 Å². The molecular weight excluding hydrogens is 279 g/mol. The van der Waals surface area contributed by atoms with Gasteiger partial charge >= 0.3 is 0 Å². The monoisotopic (exact) mass is 290 g/mol. The summed E-state index contributed by atoms with van der Waals surface area (Å²) in [6, 6.07) is 1.58. The maximum Gasteiger partial charge on any atom is 0.255 e. The van der Waals surface area contributed by atoms with E-state index in [0.29, 0.717) is 10.6 Å². The molecular formula is C11H12Cl2N2OS. The average Bonchev–Trinajstić information content (AvgIpc) is 2.60. The van der Waals surface area contributed by atoms with Crippen molar-refractivity contribution in [3.05, 3.63) is 28.0 Å². The minimum absolute atomic E-state index is 0.0152. The summed E-state index contributed by atoms with van der Waals surface area (Å²) >= 11 is 13.5. The molecule has 3 nitrogen and oxygen atoms in total. The molecule has 1 fully saturated rings. The molecule has 0 saturated carbocycles. The molecule has 0 unspecified atom stereocenters. The predicted molar refractivity (Wildman–Crippen MR) is 72.1 cm³/mol. The van der Waals surface area contributed by atoms with Crippen molar-refractivity contribution in [2.24, 2.45) is 0 Å². The van der Waals surface area contributed by atoms with Crippen LogP contribution in [0.15, 0.2) is 12.3 Å². The van der Waals surface area contributed by atoms with Crippen LogP contribution in [-0.2, 0) is 0 Å². The Morgan fingerprint density at radius 1 is 1.35 bits per heavy atom. The SMILES string of the molecule is O=C(c1cnc(Cl)c(Cl)c1)N1CCCSCC1. The van der Waals surface area contributed by atoms with E-state index in [-0.39, 0.29) is 11.1 Å². The third kappa shape index (κ3) is 3.27. The Morgan fingerprint density at radius 2 is 2.18 bits per heavy atom. The smallest absolute Gasteiger partial charge is 0.255 e. The Balaban J connectivity index is 2.14. The molecule has 17 heavy (non-hydrogen) atoms. The molecule has 0 radical (unpaired) electrons. The van der Waals surface area contributed by atoms with E-state index >= 15 is 0 Å². The van der Waals surface area contributed by atoms with Crippen molar-refractivity contribution < 1.29 is 4.79 Å². The van der Waals surface area contributed by atoms with E-state index in [0.717, 1.165) is 31.0 Å². The molecule has 1 aromatic heterocycles. The first-order chi connectivity index (χ1) is 8.18. The predicted octanol–water partition coefficient (Wildman–Crippen LogP) is 2.97. The fourth-order valence-corrected chi connectivity index (χ4v) is 2.83. The summed E-state index contributed by atoms with van der Waals surface area (Å²) < 4.78 is 0. The molecule has 6 heteroatoms. The van der Waals surface area contributed by atoms with E-state index in [1.807, 2.05) is 16.7 Å². The van der Waals surface area contributed by atoms with Gasteiger partial charge in [-0.05, 0) is 18.2 Å². The molecule has 0 spiro atoms. The van der Waals surface area contributed by atoms with Gasteiger partial charge < -0.3 is 4.90 Å². The number of amides is 1. The Kier molecular flexibility index (Phi) is 4.54. The second-order valence-corrected chi connectivity index (χ2v) is 5.74. The van der Waals surface area contributed by atoms with Gasteiger partial charge in [-0.15, -0.1) is 0 Å². The van der Waals surface area contributed by atoms with Gasteiger partial charge in [0.1, 0.15) is 5.15 Å². The second kappa shape index (κ2) is 5.94. The number of hydrogen-bond donors (Lipinski definition) is 0. The molecule has 92 valence electrons. The highest BCUT2D eigenvalue weighted by molar-refractivity contribution is 7.99. The van der Waals surface area contributed by atoms with Crippen molar-refractivity contribution in [2.75, 3.05) is 24.6 Å². The van der Waals surface area contributed by atoms with Crippen molar-refractivity contribution in [1.82, 2.24) is 9.88 Å². The van der Waals surface area contributed by atoms with E-state index < -0.39 is 0 Å². The Hall–Kier alpha value is -0.450. The van der Waals surface area contributed by atoms with Crippen LogP contribution in [0.1, 0.15) is 16.8 Å². The quantitative estimate of drug-likeness (QED) is 0.746. The molecule has 0 aliphatic carbocycles. The lowest BCUT2D eigenvalue weighted by Gasteiger charge is -2.19. The van der Waals surface area contributed by atoms with E-state index in [1.54, 1.807) is 6.07 Å². The molecule has 1 aliphatic rings. The zero-order valence-electron chi connectivity index (χ0n) is 9.16. The molecule has 0 aromatic carbocycles. The van der Waals surface area contributed by atoms with Crippen LogP contribution in [0, 0.1) is 0 Å². The van der Waals surface area contributed by atoms with Crippen molar-refractivity contribution in [2.45, 2.75) is 6.42 Å². The Morgan fingerprint density at radius 3 is 2.94 bits per heavy atom. The number of pyridine rings is 1. The highest BCUT2D eigenvalue weighted by Crippen LogP contribution is 2.21. The summed E-state index contributed by atoms with van der Waals surface area (Å²) in [5, 5.41) is 0.552. The summed E-state index contributed by atoms with van der Waals surface area (Å²) in [4.78, 5) is 17.9. The zero-order valence-corrected chi connectivity index (χ0v) is 11.5. The molecule has 0 N–H and O–H groups in total. The minimum Gasteiger partial charge on any atom is -0.338 e. The third-order valence-corrected chi connectivity index (χ3v) is 4.29. The van der Waals surface area contributed by atoms with Crippen LogP contribution in [0.2, 0.25) is 10.2 Å². The van der Waals surface area contributed by atoms with Crippen LogP contribution in [0.5, 0.6) is 0 Å². The molecule has 1 aliphatic heterocycles. The average molecular weight is 291 g/mol. The van der Waals surface area contributed by atoms with Crippen LogP contribution < -0.4 is 0 Å². The third-order valence-electron chi connectivity index (χ3n) is 2.55. The first kappa shape index (κ1) is 13.0. The first-order valence-corrected chi connectivity index (χ1v) is 7.27. The number of aromatic nitrogens is 1. The molecule has 0 bridgehead atoms. The van der Waals surface area contributed by atoms with E-state index in [4.69, 9.17) is 23.2 Å². The van der Waals surface area contributed by atoms with E-state index in [1.165, 1.54) is 6.20 Å². The minimum atomic E-state index is -0.0152. The fraction of sp³-hybridized carbons (Fsp3) is 0.455. The van der Waals surface area contributed by atoms with E-state index in [9.17, 15) is 4.79 Å². The standard InChI is InChI=1S/C11H12Cl2N2OS/c12-9-6-8(7-14-10(9)13)11(16)15-2-1-4-17-5-3-15/h6-7H,1-5H2. The van der Waals surface area contributed by atoms with Crippen molar-refractivity contribution in [1.29, 1.82) is 0 Å². The van der Waals surface area contributed by atoms with Gasteiger partial charge in [-0.1, -0.05) is 23.2 Å². The number of hydrogen-bond acceptors (Lipinski definition) is 3. The number of carbonyl (C=O) groups is 1. The molecule has 2 rings (SSSR count). The van der Waals surface area contributed by atoms with Gasteiger partial charge in [0.05, 0.1) is 10.6 Å². The van der Waals surface area contributed by atoms with Crippen LogP contribution in [0.3, 0.4) is 0 Å². The topological polar surface area (TPSA) is 33.2 Å². The highest BCUT2D eigenvalue weighted by atomic mass is 35.5. The molecule has 0 atom stereocenters. The number of nitrogens with zero attached hydrogens (tertiary/aromatic N) is 2. The van der Waals surface area contributed by atoms with Gasteiger partial charge in [0, 0.05) is 25.0 Å². The summed E-state index contributed by atoms with van der Waals surface area (Å²) in [5.74, 6) is 2.09. The highest BCUT2D eigenvalue weighted by Gasteiger charge is 2.18. The molecule has 1 saturated heterocycles. The van der Waals surface area contributed by atoms with E-state index in [2.05, 4.69) is 4.98 Å². The number of carbonyl (C=O) groups excluding carboxylic acids is 1. The van der Waals surface area contributed by atoms with Gasteiger partial charge in [0.2, 0.25) is 0 Å². The van der Waals surface area contributed by atoms with Gasteiger partial charge in [-0.25, -0.2) is 4.98 Å². The molecule has 1 amide bonds. The van der Waals surface area contributed by atoms with Crippen molar-refractivity contribution in [3.63, 3.8) is 0 Å². The van der Waals surface area contributed by atoms with Gasteiger partial charge in [-0.2, -0.15) is 11.8 Å². The Labute approximate surface area is 114 Å². The summed E-state index contributed by atoms with van der Waals surface area (Å²) in [6.45, 7) is 1.58. The lowest BCUT2D eigenvalue weighted by molar-refractivity contribution is 0.0768. The maximum absolute atomic E-state index is 12.2. The lowest BCUT2D eigenvalue weighted by atomic mass is 10.2. The maximum atomic E-state index is 12.2. The van der Waals surface area contributed by atoms with Gasteiger partial charge in [0.25, 0.3) is 5.91 Å². The Bertz CT molecular complexity index is 420. The first-order valence-electron chi connectivity index (χ1n) is 5.36. The summed E-state index contributed by atoms with van der Waals surface area (Å²) in [6.07, 6.45) is 2.51. The van der Waals surface area contributed by atoms with Crippen LogP contribution in [-0.4, -0.2) is 40.4 Å². The lowest BCUT2D eigenvalue weighted by Crippen LogP contribution is -2.33. The van der Waals surface area contributed by atoms with Crippen molar-refractivity contribution in [3.8, 4) is 0 Å². The molecule has 2 heterocycles. The second-order valence-electron chi connectivity index (χ2n) is 3.75. The van der Waals surface area contributed by atoms with Gasteiger partial charge in [0.15, 0.2) is 0 Å². The summed E-state index contributed by atoms with van der Waals surface area (Å²) in [5.41, 5.74) is 0.506. The number of thioether (sulfide) groups is 1.